The molecule has 2 aromatic carbocycles. The summed E-state index contributed by atoms with van der Waals surface area (Å²) in [5.41, 5.74) is 0.929. The fourth-order valence-electron chi connectivity index (χ4n) is 3.03. The second-order valence-corrected chi connectivity index (χ2v) is 6.58. The predicted molar refractivity (Wildman–Crippen MR) is 109 cm³/mol. The van der Waals surface area contributed by atoms with Crippen LogP contribution < -0.4 is 25.3 Å². The van der Waals surface area contributed by atoms with Crippen molar-refractivity contribution >= 4 is 17.0 Å². The molecular formula is C21H24N2O7. The highest BCUT2D eigenvalue weighted by Crippen LogP contribution is 2.36. The molecule has 9 nitrogen and oxygen atoms in total. The van der Waals surface area contributed by atoms with E-state index in [1.807, 2.05) is 0 Å². The van der Waals surface area contributed by atoms with E-state index in [1.54, 1.807) is 49.4 Å². The molecule has 0 fully saturated rings. The Balaban J connectivity index is 1.60. The summed E-state index contributed by atoms with van der Waals surface area (Å²) in [5, 5.41) is 12.8. The summed E-state index contributed by atoms with van der Waals surface area (Å²) >= 11 is 0. The number of amides is 1. The first kappa shape index (κ1) is 21.3. The van der Waals surface area contributed by atoms with Crippen LogP contribution in [-0.2, 0) is 4.79 Å². The molecule has 0 spiro atoms. The van der Waals surface area contributed by atoms with Crippen molar-refractivity contribution < 1.29 is 28.5 Å². The number of rotatable bonds is 9. The van der Waals surface area contributed by atoms with Crippen molar-refractivity contribution in [2.75, 3.05) is 27.4 Å². The number of oxazole rings is 1. The highest BCUT2D eigenvalue weighted by molar-refractivity contribution is 5.82. The molecule has 9 heteroatoms. The van der Waals surface area contributed by atoms with Crippen LogP contribution in [0.15, 0.2) is 51.7 Å². The molecule has 0 bridgehead atoms. The summed E-state index contributed by atoms with van der Waals surface area (Å²) in [5.74, 6) is 0.233. The minimum Gasteiger partial charge on any atom is -0.493 e. The maximum Gasteiger partial charge on any atom is 0.420 e. The molecule has 160 valence electrons. The number of fused-ring (bicyclic) bond motifs is 1. The first-order valence-corrected chi connectivity index (χ1v) is 9.36. The van der Waals surface area contributed by atoms with Crippen LogP contribution in [-0.4, -0.2) is 49.1 Å². The molecule has 0 aliphatic heterocycles. The number of hydrogen-bond donors (Lipinski definition) is 2. The first-order valence-electron chi connectivity index (χ1n) is 9.36. The molecule has 3 rings (SSSR count). The Labute approximate surface area is 172 Å². The number of benzene rings is 2. The number of nitrogens with zero attached hydrogens (tertiary/aromatic N) is 1. The van der Waals surface area contributed by atoms with Crippen LogP contribution in [0, 0.1) is 0 Å². The Bertz CT molecular complexity index is 1050. The standard InChI is InChI=1S/C21H24N2O7/c1-13(23-15-7-4-5-8-16(15)30-21(23)26)20(25)22-11-14(24)12-29-19-17(27-2)9-6-10-18(19)28-3/h4-10,13-14,24H,11-12H2,1-3H3,(H,22,25). The third kappa shape index (κ3) is 4.41. The number of aliphatic hydroxyl groups is 1. The molecule has 0 radical (unpaired) electrons. The third-order valence-electron chi connectivity index (χ3n) is 4.60. The topological polar surface area (TPSA) is 112 Å². The van der Waals surface area contributed by atoms with Gasteiger partial charge in [0.25, 0.3) is 0 Å². The Morgan fingerprint density at radius 1 is 1.13 bits per heavy atom. The minimum atomic E-state index is -0.992. The van der Waals surface area contributed by atoms with Gasteiger partial charge in [-0.25, -0.2) is 4.79 Å². The van der Waals surface area contributed by atoms with Gasteiger partial charge >= 0.3 is 5.76 Å². The summed E-state index contributed by atoms with van der Waals surface area (Å²) in [6, 6.07) is 11.2. The van der Waals surface area contributed by atoms with Crippen LogP contribution in [0.2, 0.25) is 0 Å². The molecular weight excluding hydrogens is 392 g/mol. The largest absolute Gasteiger partial charge is 0.493 e. The van der Waals surface area contributed by atoms with Crippen molar-refractivity contribution in [1.29, 1.82) is 0 Å². The summed E-state index contributed by atoms with van der Waals surface area (Å²) in [7, 11) is 3.00. The van der Waals surface area contributed by atoms with E-state index >= 15 is 0 Å². The number of aromatic nitrogens is 1. The zero-order valence-electron chi connectivity index (χ0n) is 17.0. The van der Waals surface area contributed by atoms with E-state index in [0.717, 1.165) is 0 Å². The number of aliphatic hydroxyl groups excluding tert-OH is 1. The lowest BCUT2D eigenvalue weighted by atomic mass is 10.2. The molecule has 0 saturated carbocycles. The van der Waals surface area contributed by atoms with E-state index in [0.29, 0.717) is 28.3 Å². The second kappa shape index (κ2) is 9.36. The van der Waals surface area contributed by atoms with E-state index in [-0.39, 0.29) is 13.2 Å². The summed E-state index contributed by atoms with van der Waals surface area (Å²) in [6.45, 7) is 1.42. The summed E-state index contributed by atoms with van der Waals surface area (Å²) < 4.78 is 22.5. The van der Waals surface area contributed by atoms with Gasteiger partial charge in [-0.2, -0.15) is 0 Å². The van der Waals surface area contributed by atoms with Crippen LogP contribution in [0.1, 0.15) is 13.0 Å². The van der Waals surface area contributed by atoms with Crippen molar-refractivity contribution in [3.05, 3.63) is 53.0 Å². The van der Waals surface area contributed by atoms with Crippen LogP contribution >= 0.6 is 0 Å². The lowest BCUT2D eigenvalue weighted by molar-refractivity contribution is -0.124. The van der Waals surface area contributed by atoms with E-state index < -0.39 is 23.8 Å². The van der Waals surface area contributed by atoms with Gasteiger partial charge in [-0.3, -0.25) is 9.36 Å². The normalized spacial score (nSPS) is 12.9. The number of para-hydroxylation sites is 3. The molecule has 1 heterocycles. The number of ether oxygens (including phenoxy) is 3. The molecule has 2 atom stereocenters. The maximum absolute atomic E-state index is 12.5. The van der Waals surface area contributed by atoms with Gasteiger partial charge in [-0.05, 0) is 31.2 Å². The van der Waals surface area contributed by atoms with Crippen molar-refractivity contribution in [3.8, 4) is 17.2 Å². The lowest BCUT2D eigenvalue weighted by Crippen LogP contribution is -2.40. The fraction of sp³-hybridized carbons (Fsp3) is 0.333. The van der Waals surface area contributed by atoms with Crippen LogP contribution in [0.3, 0.4) is 0 Å². The van der Waals surface area contributed by atoms with Gasteiger partial charge in [0.2, 0.25) is 11.7 Å². The van der Waals surface area contributed by atoms with Crippen LogP contribution in [0.4, 0.5) is 0 Å². The smallest absolute Gasteiger partial charge is 0.420 e. The zero-order chi connectivity index (χ0) is 21.7. The molecule has 0 aliphatic carbocycles. The van der Waals surface area contributed by atoms with E-state index in [2.05, 4.69) is 5.32 Å². The van der Waals surface area contributed by atoms with Crippen LogP contribution in [0.25, 0.3) is 11.1 Å². The SMILES string of the molecule is COc1cccc(OC)c1OCC(O)CNC(=O)C(C)n1c(=O)oc2ccccc21. The van der Waals surface area contributed by atoms with E-state index in [4.69, 9.17) is 18.6 Å². The molecule has 30 heavy (non-hydrogen) atoms. The molecule has 3 aromatic rings. The van der Waals surface area contributed by atoms with Crippen molar-refractivity contribution in [1.82, 2.24) is 9.88 Å². The lowest BCUT2D eigenvalue weighted by Gasteiger charge is -2.18. The maximum atomic E-state index is 12.5. The predicted octanol–water partition coefficient (Wildman–Crippen LogP) is 1.73. The van der Waals surface area contributed by atoms with Gasteiger partial charge < -0.3 is 29.1 Å². The molecule has 2 N–H and O–H groups in total. The molecule has 2 unspecified atom stereocenters. The number of nitrogens with one attached hydrogen (secondary N) is 1. The quantitative estimate of drug-likeness (QED) is 0.546. The number of methoxy groups -OCH3 is 2. The third-order valence-corrected chi connectivity index (χ3v) is 4.60. The van der Waals surface area contributed by atoms with Gasteiger partial charge in [-0.15, -0.1) is 0 Å². The van der Waals surface area contributed by atoms with Gasteiger partial charge in [-0.1, -0.05) is 18.2 Å². The Kier molecular flexibility index (Phi) is 6.63. The average Bonchev–Trinajstić information content (AvgIpc) is 3.10. The highest BCUT2D eigenvalue weighted by atomic mass is 16.5. The molecule has 0 aliphatic rings. The number of hydrogen-bond acceptors (Lipinski definition) is 7. The number of carbonyl (C=O) groups is 1. The Hall–Kier alpha value is -3.46. The van der Waals surface area contributed by atoms with E-state index in [1.165, 1.54) is 18.8 Å². The Morgan fingerprint density at radius 3 is 2.47 bits per heavy atom. The molecule has 1 aromatic heterocycles. The summed E-state index contributed by atoms with van der Waals surface area (Å²) in [4.78, 5) is 24.6. The van der Waals surface area contributed by atoms with Crippen molar-refractivity contribution in [3.63, 3.8) is 0 Å². The number of carbonyl (C=O) groups excluding carboxylic acids is 1. The van der Waals surface area contributed by atoms with Gasteiger partial charge in [0.15, 0.2) is 17.1 Å². The van der Waals surface area contributed by atoms with Gasteiger partial charge in [0, 0.05) is 6.54 Å². The highest BCUT2D eigenvalue weighted by Gasteiger charge is 2.22. The first-order chi connectivity index (χ1) is 14.5. The fourth-order valence-corrected chi connectivity index (χ4v) is 3.03. The van der Waals surface area contributed by atoms with Crippen LogP contribution in [0.5, 0.6) is 17.2 Å². The minimum absolute atomic E-state index is 0.0643. The molecule has 1 amide bonds. The second-order valence-electron chi connectivity index (χ2n) is 6.58. The van der Waals surface area contributed by atoms with Crippen molar-refractivity contribution in [2.24, 2.45) is 0 Å². The van der Waals surface area contributed by atoms with Gasteiger partial charge in [0.05, 0.1) is 19.7 Å². The van der Waals surface area contributed by atoms with Crippen molar-refractivity contribution in [2.45, 2.75) is 19.1 Å². The molecule has 0 saturated heterocycles. The monoisotopic (exact) mass is 416 g/mol. The average molecular weight is 416 g/mol. The Morgan fingerprint density at radius 2 is 1.80 bits per heavy atom. The zero-order valence-corrected chi connectivity index (χ0v) is 17.0. The van der Waals surface area contributed by atoms with E-state index in [9.17, 15) is 14.7 Å². The van der Waals surface area contributed by atoms with Gasteiger partial charge in [0.1, 0.15) is 18.8 Å². The summed E-state index contributed by atoms with van der Waals surface area (Å²) in [6.07, 6.45) is -0.992.